The molecule has 1 atom stereocenters. The average Bonchev–Trinajstić information content (AvgIpc) is 2.35. The molecule has 0 amide bonds. The van der Waals surface area contributed by atoms with Crippen LogP contribution in [-0.2, 0) is 0 Å². The summed E-state index contributed by atoms with van der Waals surface area (Å²) in [5, 5.41) is 0.465. The van der Waals surface area contributed by atoms with Gasteiger partial charge in [-0.15, -0.1) is 0 Å². The third-order valence-electron chi connectivity index (χ3n) is 2.64. The SMILES string of the molecule is Cc1ccncc1C(NN)c1ccc(Cl)nc1. The molecule has 0 aliphatic heterocycles. The zero-order chi connectivity index (χ0) is 12.3. The molecule has 17 heavy (non-hydrogen) atoms. The molecular weight excluding hydrogens is 236 g/mol. The molecule has 0 aliphatic rings. The van der Waals surface area contributed by atoms with E-state index in [1.165, 1.54) is 0 Å². The van der Waals surface area contributed by atoms with E-state index in [2.05, 4.69) is 15.4 Å². The molecular formula is C12H13ClN4. The summed E-state index contributed by atoms with van der Waals surface area (Å²) in [4.78, 5) is 8.17. The van der Waals surface area contributed by atoms with E-state index < -0.39 is 0 Å². The Hall–Kier alpha value is -1.49. The van der Waals surface area contributed by atoms with Gasteiger partial charge in [-0.25, -0.2) is 10.4 Å². The minimum absolute atomic E-state index is 0.131. The first kappa shape index (κ1) is 12.0. The highest BCUT2D eigenvalue weighted by Crippen LogP contribution is 2.23. The third-order valence-corrected chi connectivity index (χ3v) is 2.86. The molecule has 0 saturated carbocycles. The summed E-state index contributed by atoms with van der Waals surface area (Å²) in [5.41, 5.74) is 5.87. The van der Waals surface area contributed by atoms with Crippen LogP contribution >= 0.6 is 11.6 Å². The van der Waals surface area contributed by atoms with E-state index in [4.69, 9.17) is 17.4 Å². The van der Waals surface area contributed by atoms with Gasteiger partial charge >= 0.3 is 0 Å². The van der Waals surface area contributed by atoms with E-state index >= 15 is 0 Å². The van der Waals surface area contributed by atoms with Crippen LogP contribution in [0.2, 0.25) is 5.15 Å². The molecule has 88 valence electrons. The monoisotopic (exact) mass is 248 g/mol. The van der Waals surface area contributed by atoms with Crippen LogP contribution in [0.25, 0.3) is 0 Å². The fraction of sp³-hybridized carbons (Fsp3) is 0.167. The topological polar surface area (TPSA) is 63.8 Å². The Labute approximate surface area is 105 Å². The smallest absolute Gasteiger partial charge is 0.129 e. The lowest BCUT2D eigenvalue weighted by Crippen LogP contribution is -2.29. The summed E-state index contributed by atoms with van der Waals surface area (Å²) in [5.74, 6) is 5.61. The van der Waals surface area contributed by atoms with E-state index in [9.17, 15) is 0 Å². The molecule has 0 fully saturated rings. The molecule has 0 bridgehead atoms. The lowest BCUT2D eigenvalue weighted by atomic mass is 9.99. The normalized spacial score (nSPS) is 12.4. The van der Waals surface area contributed by atoms with Gasteiger partial charge in [0, 0.05) is 18.6 Å². The van der Waals surface area contributed by atoms with Crippen molar-refractivity contribution in [1.82, 2.24) is 15.4 Å². The third kappa shape index (κ3) is 2.61. The molecule has 2 heterocycles. The van der Waals surface area contributed by atoms with Gasteiger partial charge in [-0.1, -0.05) is 17.7 Å². The summed E-state index contributed by atoms with van der Waals surface area (Å²) in [6.45, 7) is 2.02. The van der Waals surface area contributed by atoms with Crippen LogP contribution in [0, 0.1) is 6.92 Å². The van der Waals surface area contributed by atoms with Crippen molar-refractivity contribution in [3.05, 3.63) is 58.6 Å². The van der Waals surface area contributed by atoms with Crippen molar-refractivity contribution in [2.24, 2.45) is 5.84 Å². The van der Waals surface area contributed by atoms with Crippen LogP contribution in [0.4, 0.5) is 0 Å². The lowest BCUT2D eigenvalue weighted by molar-refractivity contribution is 0.629. The van der Waals surface area contributed by atoms with E-state index in [1.54, 1.807) is 24.7 Å². The van der Waals surface area contributed by atoms with Crippen LogP contribution in [-0.4, -0.2) is 9.97 Å². The first-order chi connectivity index (χ1) is 8.22. The maximum absolute atomic E-state index is 5.76. The van der Waals surface area contributed by atoms with Gasteiger partial charge in [0.25, 0.3) is 0 Å². The number of nitrogens with two attached hydrogens (primary N) is 1. The van der Waals surface area contributed by atoms with Crippen LogP contribution in [0.15, 0.2) is 36.8 Å². The summed E-state index contributed by atoms with van der Waals surface area (Å²) in [6.07, 6.45) is 5.26. The number of pyridine rings is 2. The second-order valence-electron chi connectivity index (χ2n) is 3.75. The summed E-state index contributed by atoms with van der Waals surface area (Å²) < 4.78 is 0. The molecule has 1 unspecified atom stereocenters. The number of nitrogens with zero attached hydrogens (tertiary/aromatic N) is 2. The van der Waals surface area contributed by atoms with Crippen LogP contribution in [0.1, 0.15) is 22.7 Å². The number of nitrogens with one attached hydrogen (secondary N) is 1. The predicted molar refractivity (Wildman–Crippen MR) is 67.4 cm³/mol. The van der Waals surface area contributed by atoms with Crippen LogP contribution in [0.5, 0.6) is 0 Å². The van der Waals surface area contributed by atoms with Gasteiger partial charge in [-0.2, -0.15) is 0 Å². The molecule has 0 aliphatic carbocycles. The summed E-state index contributed by atoms with van der Waals surface area (Å²) >= 11 is 5.76. The van der Waals surface area contributed by atoms with Gasteiger partial charge in [-0.3, -0.25) is 10.8 Å². The van der Waals surface area contributed by atoms with E-state index in [0.29, 0.717) is 5.15 Å². The van der Waals surface area contributed by atoms with Crippen molar-refractivity contribution in [3.8, 4) is 0 Å². The predicted octanol–water partition coefficient (Wildman–Crippen LogP) is 1.99. The fourth-order valence-electron chi connectivity index (χ4n) is 1.70. The number of hydrogen-bond donors (Lipinski definition) is 2. The Bertz CT molecular complexity index is 498. The molecule has 0 aromatic carbocycles. The molecule has 2 aromatic heterocycles. The quantitative estimate of drug-likeness (QED) is 0.495. The summed E-state index contributed by atoms with van der Waals surface area (Å²) in [7, 11) is 0. The van der Waals surface area contributed by atoms with Crippen molar-refractivity contribution in [2.75, 3.05) is 0 Å². The van der Waals surface area contributed by atoms with E-state index in [0.717, 1.165) is 16.7 Å². The van der Waals surface area contributed by atoms with Crippen molar-refractivity contribution < 1.29 is 0 Å². The van der Waals surface area contributed by atoms with Gasteiger partial charge in [0.1, 0.15) is 5.15 Å². The Morgan fingerprint density at radius 3 is 2.71 bits per heavy atom. The van der Waals surface area contributed by atoms with Gasteiger partial charge < -0.3 is 0 Å². The molecule has 2 aromatic rings. The van der Waals surface area contributed by atoms with Crippen LogP contribution < -0.4 is 11.3 Å². The summed E-state index contributed by atoms with van der Waals surface area (Å²) in [6, 6.07) is 5.45. The molecule has 0 radical (unpaired) electrons. The Morgan fingerprint density at radius 1 is 1.29 bits per heavy atom. The van der Waals surface area contributed by atoms with Crippen molar-refractivity contribution in [2.45, 2.75) is 13.0 Å². The standard InChI is InChI=1S/C12H13ClN4/c1-8-4-5-15-7-10(8)12(17-14)9-2-3-11(13)16-6-9/h2-7,12,17H,14H2,1H3. The van der Waals surface area contributed by atoms with E-state index in [-0.39, 0.29) is 6.04 Å². The number of aromatic nitrogens is 2. The van der Waals surface area contributed by atoms with Crippen molar-refractivity contribution >= 4 is 11.6 Å². The molecule has 4 nitrogen and oxygen atoms in total. The Balaban J connectivity index is 2.40. The Kier molecular flexibility index (Phi) is 3.68. The van der Waals surface area contributed by atoms with Gasteiger partial charge in [0.2, 0.25) is 0 Å². The highest BCUT2D eigenvalue weighted by Gasteiger charge is 2.14. The minimum atomic E-state index is -0.131. The molecule has 5 heteroatoms. The lowest BCUT2D eigenvalue weighted by Gasteiger charge is -2.18. The van der Waals surface area contributed by atoms with Crippen LogP contribution in [0.3, 0.4) is 0 Å². The zero-order valence-corrected chi connectivity index (χ0v) is 10.1. The van der Waals surface area contributed by atoms with Gasteiger partial charge in [-0.05, 0) is 35.7 Å². The fourth-order valence-corrected chi connectivity index (χ4v) is 1.81. The second-order valence-corrected chi connectivity index (χ2v) is 4.13. The molecule has 2 rings (SSSR count). The highest BCUT2D eigenvalue weighted by molar-refractivity contribution is 6.29. The van der Waals surface area contributed by atoms with E-state index in [1.807, 2.05) is 19.1 Å². The minimum Gasteiger partial charge on any atom is -0.271 e. The number of hydrazine groups is 1. The maximum Gasteiger partial charge on any atom is 0.129 e. The average molecular weight is 249 g/mol. The number of halogens is 1. The maximum atomic E-state index is 5.76. The number of hydrogen-bond acceptors (Lipinski definition) is 4. The Morgan fingerprint density at radius 2 is 2.12 bits per heavy atom. The highest BCUT2D eigenvalue weighted by atomic mass is 35.5. The first-order valence-corrected chi connectivity index (χ1v) is 5.58. The number of rotatable bonds is 3. The number of aryl methyl sites for hydroxylation is 1. The molecule has 3 N–H and O–H groups in total. The first-order valence-electron chi connectivity index (χ1n) is 5.20. The molecule has 0 spiro atoms. The molecule has 0 saturated heterocycles. The zero-order valence-electron chi connectivity index (χ0n) is 9.39. The largest absolute Gasteiger partial charge is 0.271 e. The van der Waals surface area contributed by atoms with Gasteiger partial charge in [0.05, 0.1) is 6.04 Å². The second kappa shape index (κ2) is 5.23. The van der Waals surface area contributed by atoms with Crippen molar-refractivity contribution in [1.29, 1.82) is 0 Å². The van der Waals surface area contributed by atoms with Gasteiger partial charge in [0.15, 0.2) is 0 Å². The van der Waals surface area contributed by atoms with Crippen molar-refractivity contribution in [3.63, 3.8) is 0 Å².